The van der Waals surface area contributed by atoms with Crippen molar-refractivity contribution >= 4 is 97.1 Å². The zero-order valence-corrected chi connectivity index (χ0v) is 29.1. The lowest BCUT2D eigenvalue weighted by Crippen LogP contribution is -1.94. The Morgan fingerprint density at radius 1 is 0.377 bits per heavy atom. The fraction of sp³-hybridized carbons (Fsp3) is 0. The number of furan rings is 1. The van der Waals surface area contributed by atoms with Crippen LogP contribution in [0, 0.1) is 0 Å². The van der Waals surface area contributed by atoms with E-state index in [9.17, 15) is 0 Å². The molecule has 4 heterocycles. The van der Waals surface area contributed by atoms with Gasteiger partial charge in [0.1, 0.15) is 22.7 Å². The Balaban J connectivity index is 1.06. The van der Waals surface area contributed by atoms with Crippen LogP contribution in [-0.2, 0) is 0 Å². The van der Waals surface area contributed by atoms with Crippen molar-refractivity contribution in [2.24, 2.45) is 0 Å². The van der Waals surface area contributed by atoms with Gasteiger partial charge in [-0.3, -0.25) is 0 Å². The molecule has 12 aromatic rings. The van der Waals surface area contributed by atoms with E-state index in [1.807, 2.05) is 23.5 Å². The van der Waals surface area contributed by atoms with Crippen LogP contribution in [0.3, 0.4) is 0 Å². The quantitative estimate of drug-likeness (QED) is 0.183. The Morgan fingerprint density at radius 3 is 1.58 bits per heavy atom. The molecule has 0 aliphatic carbocycles. The highest BCUT2D eigenvalue weighted by atomic mass is 32.1. The minimum atomic E-state index is 0.822. The molecule has 0 radical (unpaired) electrons. The second kappa shape index (κ2) is 10.8. The highest BCUT2D eigenvalue weighted by Gasteiger charge is 2.21. The Hall–Kier alpha value is -6.82. The summed E-state index contributed by atoms with van der Waals surface area (Å²) in [4.78, 5) is 0. The number of hydrogen-bond donors (Lipinski definition) is 0. The molecule has 0 atom stereocenters. The average Bonchev–Trinajstić information content (AvgIpc) is 3.95. The van der Waals surface area contributed by atoms with Crippen molar-refractivity contribution < 1.29 is 9.15 Å². The molecule has 4 aromatic heterocycles. The van der Waals surface area contributed by atoms with E-state index in [2.05, 4.69) is 167 Å². The summed E-state index contributed by atoms with van der Waals surface area (Å²) in [5.41, 5.74) is 8.46. The van der Waals surface area contributed by atoms with Crippen LogP contribution in [0.2, 0.25) is 0 Å². The fourth-order valence-electron chi connectivity index (χ4n) is 8.52. The molecule has 0 unspecified atom stereocenters. The molecule has 8 aromatic carbocycles. The van der Waals surface area contributed by atoms with Crippen molar-refractivity contribution in [2.45, 2.75) is 0 Å². The first-order valence-electron chi connectivity index (χ1n) is 17.8. The van der Waals surface area contributed by atoms with Gasteiger partial charge in [-0.25, -0.2) is 0 Å². The van der Waals surface area contributed by atoms with Crippen LogP contribution in [-0.4, -0.2) is 9.13 Å². The monoisotopic (exact) mass is 696 g/mol. The molecule has 5 heteroatoms. The van der Waals surface area contributed by atoms with Crippen LogP contribution in [0.25, 0.3) is 97.1 Å². The second-order valence-corrected chi connectivity index (χ2v) is 14.7. The normalized spacial score (nSPS) is 12.2. The maximum atomic E-state index is 7.11. The van der Waals surface area contributed by atoms with E-state index in [1.54, 1.807) is 0 Å². The Bertz CT molecular complexity index is 3220. The van der Waals surface area contributed by atoms with Crippen LogP contribution in [0.15, 0.2) is 174 Å². The van der Waals surface area contributed by atoms with Gasteiger partial charge in [0.05, 0.1) is 32.8 Å². The van der Waals surface area contributed by atoms with Crippen molar-refractivity contribution in [3.8, 4) is 22.9 Å². The molecular formula is C48H28N2O2S. The summed E-state index contributed by atoms with van der Waals surface area (Å²) < 4.78 is 20.6. The van der Waals surface area contributed by atoms with Gasteiger partial charge in [-0.05, 0) is 84.9 Å². The molecule has 0 aliphatic rings. The van der Waals surface area contributed by atoms with E-state index in [1.165, 1.54) is 20.2 Å². The third kappa shape index (κ3) is 4.11. The lowest BCUT2D eigenvalue weighted by atomic mass is 10.1. The Kier molecular flexibility index (Phi) is 5.90. The number of fused-ring (bicyclic) bond motifs is 12. The molecule has 0 saturated carbocycles. The molecule has 0 spiro atoms. The van der Waals surface area contributed by atoms with E-state index < -0.39 is 0 Å². The summed E-state index contributed by atoms with van der Waals surface area (Å²) in [6.07, 6.45) is 0. The molecule has 0 amide bonds. The van der Waals surface area contributed by atoms with Crippen LogP contribution in [0.5, 0.6) is 11.5 Å². The summed E-state index contributed by atoms with van der Waals surface area (Å²) >= 11 is 1.85. The van der Waals surface area contributed by atoms with Crippen molar-refractivity contribution in [1.29, 1.82) is 0 Å². The Morgan fingerprint density at radius 2 is 0.887 bits per heavy atom. The predicted molar refractivity (Wildman–Crippen MR) is 222 cm³/mol. The summed E-state index contributed by atoms with van der Waals surface area (Å²) in [6, 6.07) is 60.3. The first kappa shape index (κ1) is 28.8. The van der Waals surface area contributed by atoms with E-state index >= 15 is 0 Å². The maximum absolute atomic E-state index is 7.11. The van der Waals surface area contributed by atoms with Gasteiger partial charge in [0.2, 0.25) is 0 Å². The van der Waals surface area contributed by atoms with Crippen molar-refractivity contribution in [3.63, 3.8) is 0 Å². The van der Waals surface area contributed by atoms with Gasteiger partial charge >= 0.3 is 0 Å². The van der Waals surface area contributed by atoms with Gasteiger partial charge in [0.15, 0.2) is 0 Å². The molecular weight excluding hydrogens is 669 g/mol. The third-order valence-electron chi connectivity index (χ3n) is 10.8. The van der Waals surface area contributed by atoms with Gasteiger partial charge in [-0.15, -0.1) is 11.3 Å². The van der Waals surface area contributed by atoms with E-state index in [-0.39, 0.29) is 0 Å². The highest BCUT2D eigenvalue weighted by Crippen LogP contribution is 2.44. The zero-order valence-electron chi connectivity index (χ0n) is 28.3. The minimum Gasteiger partial charge on any atom is -0.456 e. The molecule has 0 fully saturated rings. The molecule has 248 valence electrons. The second-order valence-electron chi connectivity index (χ2n) is 13.7. The minimum absolute atomic E-state index is 0.822. The maximum Gasteiger partial charge on any atom is 0.137 e. The summed E-state index contributed by atoms with van der Waals surface area (Å²) in [5, 5.41) is 9.27. The van der Waals surface area contributed by atoms with Gasteiger partial charge in [-0.2, -0.15) is 0 Å². The van der Waals surface area contributed by atoms with Crippen molar-refractivity contribution in [3.05, 3.63) is 170 Å². The Labute approximate surface area is 306 Å². The number of ether oxygens (including phenoxy) is 1. The third-order valence-corrected chi connectivity index (χ3v) is 11.9. The van der Waals surface area contributed by atoms with Crippen molar-refractivity contribution in [1.82, 2.24) is 9.13 Å². The van der Waals surface area contributed by atoms with Crippen LogP contribution >= 0.6 is 11.3 Å². The smallest absolute Gasteiger partial charge is 0.137 e. The predicted octanol–water partition coefficient (Wildman–Crippen LogP) is 13.9. The molecule has 4 nitrogen and oxygen atoms in total. The highest BCUT2D eigenvalue weighted by molar-refractivity contribution is 7.25. The van der Waals surface area contributed by atoms with Gasteiger partial charge < -0.3 is 18.3 Å². The first-order chi connectivity index (χ1) is 26.3. The van der Waals surface area contributed by atoms with Gasteiger partial charge in [-0.1, -0.05) is 84.9 Å². The number of hydrogen-bond acceptors (Lipinski definition) is 3. The van der Waals surface area contributed by atoms with Gasteiger partial charge in [0.25, 0.3) is 0 Å². The number of rotatable bonds is 4. The van der Waals surface area contributed by atoms with Gasteiger partial charge in [0, 0.05) is 53.1 Å². The molecule has 0 N–H and O–H groups in total. The van der Waals surface area contributed by atoms with Crippen LogP contribution in [0.1, 0.15) is 0 Å². The lowest BCUT2D eigenvalue weighted by molar-refractivity contribution is 0.495. The lowest BCUT2D eigenvalue weighted by Gasteiger charge is -2.12. The number of benzene rings is 8. The topological polar surface area (TPSA) is 32.2 Å². The largest absolute Gasteiger partial charge is 0.456 e. The molecule has 53 heavy (non-hydrogen) atoms. The average molecular weight is 697 g/mol. The summed E-state index contributed by atoms with van der Waals surface area (Å²) in [7, 11) is 0. The van der Waals surface area contributed by atoms with E-state index in [4.69, 9.17) is 9.15 Å². The number of para-hydroxylation sites is 3. The first-order valence-corrected chi connectivity index (χ1v) is 18.7. The molecule has 0 aliphatic heterocycles. The fourth-order valence-corrected chi connectivity index (χ4v) is 9.61. The van der Waals surface area contributed by atoms with E-state index in [0.29, 0.717) is 0 Å². The number of thiophene rings is 1. The molecule has 0 bridgehead atoms. The zero-order chi connectivity index (χ0) is 34.6. The summed E-state index contributed by atoms with van der Waals surface area (Å²) in [6.45, 7) is 0. The van der Waals surface area contributed by atoms with Crippen molar-refractivity contribution in [2.75, 3.05) is 0 Å². The van der Waals surface area contributed by atoms with E-state index in [0.717, 1.165) is 88.4 Å². The standard InChI is InChI=1S/C48H28N2O2S/c1-5-15-37-33(13-1)47-39(49(37)29-23-25-42-35(27-29)31-11-3-7-19-41(31)51-42)17-9-20-43(47)52-44-21-10-18-40-48(44)34-14-2-6-16-38(34)50(40)30-24-26-46-36(28-30)32-12-4-8-22-45(32)53-46/h1-28H. The van der Waals surface area contributed by atoms with Crippen LogP contribution < -0.4 is 4.74 Å². The van der Waals surface area contributed by atoms with Crippen LogP contribution in [0.4, 0.5) is 0 Å². The number of aromatic nitrogens is 2. The molecule has 0 saturated heterocycles. The number of nitrogens with zero attached hydrogens (tertiary/aromatic N) is 2. The summed E-state index contributed by atoms with van der Waals surface area (Å²) in [5.74, 6) is 1.65. The molecule has 12 rings (SSSR count). The SMILES string of the molecule is c1ccc2c(c1)oc1ccc(-n3c4ccccc4c4c(Oc5cccc6c5c5ccccc5n6-c5ccc6sc7ccccc7c6c5)cccc43)cc12.